The molecular weight excluding hydrogens is 256 g/mol. The van der Waals surface area contributed by atoms with Crippen molar-refractivity contribution >= 4 is 17.9 Å². The summed E-state index contributed by atoms with van der Waals surface area (Å²) in [4.78, 5) is 33.2. The Hall–Kier alpha value is -2.27. The number of carbonyl (C=O) groups is 1. The minimum atomic E-state index is -1.12. The summed E-state index contributed by atoms with van der Waals surface area (Å²) in [6.45, 7) is 3.26. The first kappa shape index (κ1) is 16.7. The summed E-state index contributed by atoms with van der Waals surface area (Å²) < 4.78 is 0. The van der Waals surface area contributed by atoms with Crippen LogP contribution >= 0.6 is 0 Å². The summed E-state index contributed by atoms with van der Waals surface area (Å²) in [5, 5.41) is 27.2. The van der Waals surface area contributed by atoms with Gasteiger partial charge in [0, 0.05) is 6.54 Å². The molecule has 19 heavy (non-hydrogen) atoms. The van der Waals surface area contributed by atoms with E-state index in [0.29, 0.717) is 11.4 Å². The van der Waals surface area contributed by atoms with Crippen molar-refractivity contribution in [3.05, 3.63) is 11.8 Å². The second-order valence-corrected chi connectivity index (χ2v) is 4.22. The van der Waals surface area contributed by atoms with Crippen LogP contribution in [-0.4, -0.2) is 62.7 Å². The molecule has 0 unspecified atom stereocenters. The zero-order valence-electron chi connectivity index (χ0n) is 10.7. The van der Waals surface area contributed by atoms with Crippen molar-refractivity contribution in [1.29, 1.82) is 0 Å². The third-order valence-corrected chi connectivity index (χ3v) is 2.02. The number of hydrogen-bond donors (Lipinski definition) is 3. The van der Waals surface area contributed by atoms with Gasteiger partial charge >= 0.3 is 5.97 Å². The summed E-state index contributed by atoms with van der Waals surface area (Å²) in [6, 6.07) is 0. The lowest BCUT2D eigenvalue weighted by Crippen LogP contribution is -2.42. The predicted octanol–water partition coefficient (Wildman–Crippen LogP) is -0.249. The van der Waals surface area contributed by atoms with E-state index < -0.39 is 17.7 Å². The van der Waals surface area contributed by atoms with E-state index in [0.717, 1.165) is 11.9 Å². The van der Waals surface area contributed by atoms with Crippen LogP contribution in [0.5, 0.6) is 0 Å². The Balaban J connectivity index is 5.07. The summed E-state index contributed by atoms with van der Waals surface area (Å²) in [5.74, 6) is -0.860. The highest BCUT2D eigenvalue weighted by atomic mass is 16.4. The maximum absolute atomic E-state index is 10.7. The molecule has 8 nitrogen and oxygen atoms in total. The van der Waals surface area contributed by atoms with Crippen LogP contribution in [0.1, 0.15) is 13.8 Å². The highest BCUT2D eigenvalue weighted by Crippen LogP contribution is 2.07. The number of carboxylic acid groups (broad SMARTS) is 1. The smallest absolute Gasteiger partial charge is 0.317 e. The highest BCUT2D eigenvalue weighted by Gasteiger charge is 2.21. The molecule has 0 aromatic heterocycles. The molecule has 0 aromatic carbocycles. The van der Waals surface area contributed by atoms with Gasteiger partial charge in [0.2, 0.25) is 0 Å². The molecule has 0 fully saturated rings. The number of rotatable bonds is 8. The molecule has 0 saturated carbocycles. The molecule has 0 radical (unpaired) electrons. The molecule has 8 heteroatoms. The van der Waals surface area contributed by atoms with Crippen molar-refractivity contribution in [2.24, 2.45) is 5.92 Å². The molecule has 0 heterocycles. The van der Waals surface area contributed by atoms with Gasteiger partial charge in [0.25, 0.3) is 11.8 Å². The largest absolute Gasteiger partial charge is 0.486 e. The van der Waals surface area contributed by atoms with E-state index in [1.54, 1.807) is 0 Å². The molecular formula is C11H16N2O6. The molecule has 0 saturated heterocycles. The molecule has 106 valence electrons. The van der Waals surface area contributed by atoms with Gasteiger partial charge < -0.3 is 15.3 Å². The number of aliphatic carboxylic acids is 1. The Kier molecular flexibility index (Phi) is 6.99. The molecule has 0 rings (SSSR count). The van der Waals surface area contributed by atoms with Gasteiger partial charge in [-0.05, 0) is 5.92 Å². The average molecular weight is 272 g/mol. The minimum absolute atomic E-state index is 0.103. The first-order valence-electron chi connectivity index (χ1n) is 5.41. The Morgan fingerprint density at radius 2 is 1.58 bits per heavy atom. The van der Waals surface area contributed by atoms with Gasteiger partial charge in [-0.15, -0.1) is 0 Å². The van der Waals surface area contributed by atoms with Gasteiger partial charge in [0.05, 0.1) is 13.2 Å². The van der Waals surface area contributed by atoms with Gasteiger partial charge in [0.15, 0.2) is 11.9 Å². The SMILES string of the molecule is CC(C)CN(CC(=O)O)CN(C(O)=C=O)C(O)=C=O. The Morgan fingerprint density at radius 3 is 1.89 bits per heavy atom. The number of aliphatic hydroxyl groups excluding tert-OH is 2. The lowest BCUT2D eigenvalue weighted by Gasteiger charge is -2.28. The van der Waals surface area contributed by atoms with Crippen molar-refractivity contribution in [3.63, 3.8) is 0 Å². The zero-order valence-corrected chi connectivity index (χ0v) is 10.7. The number of hydrogen-bond acceptors (Lipinski definition) is 7. The minimum Gasteiger partial charge on any atom is -0.486 e. The van der Waals surface area contributed by atoms with Crippen molar-refractivity contribution in [3.8, 4) is 0 Å². The molecule has 0 aliphatic heterocycles. The normalized spacial score (nSPS) is 9.89. The van der Waals surface area contributed by atoms with Gasteiger partial charge in [0.1, 0.15) is 0 Å². The molecule has 0 aliphatic rings. The van der Waals surface area contributed by atoms with E-state index in [4.69, 9.17) is 5.11 Å². The summed E-state index contributed by atoms with van der Waals surface area (Å²) >= 11 is 0. The van der Waals surface area contributed by atoms with Crippen molar-refractivity contribution in [2.45, 2.75) is 13.8 Å². The third-order valence-electron chi connectivity index (χ3n) is 2.02. The fourth-order valence-electron chi connectivity index (χ4n) is 1.42. The molecule has 0 spiro atoms. The molecule has 0 atom stereocenters. The Bertz CT molecular complexity index is 397. The fourth-order valence-corrected chi connectivity index (χ4v) is 1.42. The molecule has 0 amide bonds. The molecule has 0 bridgehead atoms. The van der Waals surface area contributed by atoms with E-state index in [1.807, 2.05) is 13.8 Å². The number of carbonyl (C=O) groups excluding carboxylic acids is 2. The maximum Gasteiger partial charge on any atom is 0.317 e. The van der Waals surface area contributed by atoms with E-state index in [9.17, 15) is 24.6 Å². The Labute approximate surface area is 109 Å². The fraction of sp³-hybridized carbons (Fsp3) is 0.545. The lowest BCUT2D eigenvalue weighted by molar-refractivity contribution is -0.139. The second-order valence-electron chi connectivity index (χ2n) is 4.22. The van der Waals surface area contributed by atoms with Crippen LogP contribution < -0.4 is 0 Å². The van der Waals surface area contributed by atoms with Gasteiger partial charge in [-0.2, -0.15) is 0 Å². The third kappa shape index (κ3) is 6.28. The van der Waals surface area contributed by atoms with E-state index >= 15 is 0 Å². The van der Waals surface area contributed by atoms with Crippen LogP contribution in [0.4, 0.5) is 0 Å². The molecule has 0 aliphatic carbocycles. The maximum atomic E-state index is 10.7. The Morgan fingerprint density at radius 1 is 1.11 bits per heavy atom. The number of nitrogens with zero attached hydrogens (tertiary/aromatic N) is 2. The first-order valence-corrected chi connectivity index (χ1v) is 5.41. The number of aliphatic hydroxyl groups is 2. The quantitative estimate of drug-likeness (QED) is 0.314. The standard InChI is InChI=1S/C11H16N2O6/c1-8(2)3-12(4-11(18)19)7-13(9(16)5-14)10(17)6-15/h8,16-17H,3-4,7H2,1-2H3,(H,18,19). The monoisotopic (exact) mass is 272 g/mol. The van der Waals surface area contributed by atoms with Crippen LogP contribution in [0.3, 0.4) is 0 Å². The zero-order chi connectivity index (χ0) is 15.0. The van der Waals surface area contributed by atoms with E-state index in [-0.39, 0.29) is 19.1 Å². The second kappa shape index (κ2) is 7.94. The van der Waals surface area contributed by atoms with Crippen molar-refractivity contribution in [1.82, 2.24) is 9.80 Å². The first-order chi connectivity index (χ1) is 8.81. The summed E-state index contributed by atoms with van der Waals surface area (Å²) in [6.07, 6.45) is 0. The lowest BCUT2D eigenvalue weighted by atomic mass is 10.2. The summed E-state index contributed by atoms with van der Waals surface area (Å²) in [5.41, 5.74) is 0. The van der Waals surface area contributed by atoms with Gasteiger partial charge in [-0.1, -0.05) is 13.8 Å². The van der Waals surface area contributed by atoms with Crippen LogP contribution in [-0.2, 0) is 14.4 Å². The van der Waals surface area contributed by atoms with Gasteiger partial charge in [-0.25, -0.2) is 9.59 Å². The molecule has 0 aromatic rings. The van der Waals surface area contributed by atoms with E-state index in [2.05, 4.69) is 0 Å². The summed E-state index contributed by atoms with van der Waals surface area (Å²) in [7, 11) is 0. The highest BCUT2D eigenvalue weighted by molar-refractivity contribution is 5.69. The number of carboxylic acids is 1. The van der Waals surface area contributed by atoms with Crippen molar-refractivity contribution < 1.29 is 29.7 Å². The van der Waals surface area contributed by atoms with E-state index in [1.165, 1.54) is 4.90 Å². The predicted molar refractivity (Wildman–Crippen MR) is 64.4 cm³/mol. The van der Waals surface area contributed by atoms with Crippen LogP contribution in [0.2, 0.25) is 0 Å². The van der Waals surface area contributed by atoms with Crippen LogP contribution in [0, 0.1) is 5.92 Å². The van der Waals surface area contributed by atoms with Crippen LogP contribution in [0.15, 0.2) is 11.8 Å². The average Bonchev–Trinajstić information content (AvgIpc) is 2.32. The van der Waals surface area contributed by atoms with Crippen LogP contribution in [0.25, 0.3) is 0 Å². The van der Waals surface area contributed by atoms with Crippen molar-refractivity contribution in [2.75, 3.05) is 19.8 Å². The molecule has 3 N–H and O–H groups in total. The topological polar surface area (TPSA) is 118 Å². The van der Waals surface area contributed by atoms with Gasteiger partial charge in [-0.3, -0.25) is 14.6 Å².